The molecule has 11 heteroatoms. The number of aromatic nitrogens is 4. The molecule has 0 bridgehead atoms. The van der Waals surface area contributed by atoms with Crippen LogP contribution in [0.5, 0.6) is 17.4 Å². The molecule has 2 aromatic carbocycles. The Morgan fingerprint density at radius 1 is 0.972 bits per heavy atom. The molecule has 2 heterocycles. The molecule has 0 aliphatic heterocycles. The van der Waals surface area contributed by atoms with E-state index in [4.69, 9.17) is 4.74 Å². The average molecular weight is 497 g/mol. The van der Waals surface area contributed by atoms with Crippen molar-refractivity contribution in [1.82, 2.24) is 19.7 Å². The zero-order valence-corrected chi connectivity index (χ0v) is 19.8. The summed E-state index contributed by atoms with van der Waals surface area (Å²) in [6.45, 7) is 7.61. The molecule has 1 amide bonds. The number of halogens is 3. The van der Waals surface area contributed by atoms with Gasteiger partial charge >= 0.3 is 6.36 Å². The third kappa shape index (κ3) is 5.62. The van der Waals surface area contributed by atoms with Crippen molar-refractivity contribution in [2.45, 2.75) is 34.1 Å². The number of carbonyl (C=O) groups is 1. The second-order valence-electron chi connectivity index (χ2n) is 7.94. The fourth-order valence-electron chi connectivity index (χ4n) is 3.42. The lowest BCUT2D eigenvalue weighted by Gasteiger charge is -2.13. The van der Waals surface area contributed by atoms with Gasteiger partial charge in [0.1, 0.15) is 17.3 Å². The van der Waals surface area contributed by atoms with E-state index >= 15 is 0 Å². The molecular formula is C25H22F3N5O3. The molecule has 0 aliphatic carbocycles. The summed E-state index contributed by atoms with van der Waals surface area (Å²) >= 11 is 0. The van der Waals surface area contributed by atoms with Gasteiger partial charge in [0.05, 0.1) is 11.3 Å². The second-order valence-corrected chi connectivity index (χ2v) is 7.94. The van der Waals surface area contributed by atoms with Gasteiger partial charge in [0.2, 0.25) is 5.88 Å². The lowest BCUT2D eigenvalue weighted by molar-refractivity contribution is -0.274. The van der Waals surface area contributed by atoms with E-state index in [9.17, 15) is 18.0 Å². The van der Waals surface area contributed by atoms with Crippen molar-refractivity contribution in [2.75, 3.05) is 5.32 Å². The molecule has 0 fully saturated rings. The van der Waals surface area contributed by atoms with Gasteiger partial charge in [-0.25, -0.2) is 9.67 Å². The van der Waals surface area contributed by atoms with E-state index in [-0.39, 0.29) is 5.56 Å². The van der Waals surface area contributed by atoms with Crippen LogP contribution in [0.15, 0.2) is 54.6 Å². The number of rotatable bonds is 6. The number of alkyl halides is 3. The van der Waals surface area contributed by atoms with Crippen molar-refractivity contribution in [1.29, 1.82) is 0 Å². The van der Waals surface area contributed by atoms with Crippen LogP contribution in [-0.4, -0.2) is 32.0 Å². The van der Waals surface area contributed by atoms with Gasteiger partial charge in [0.25, 0.3) is 5.91 Å². The minimum absolute atomic E-state index is 0.251. The first-order chi connectivity index (χ1) is 17.0. The largest absolute Gasteiger partial charge is 0.573 e. The minimum Gasteiger partial charge on any atom is -0.439 e. The van der Waals surface area contributed by atoms with Crippen molar-refractivity contribution in [3.8, 4) is 23.2 Å². The molecule has 8 nitrogen and oxygen atoms in total. The first-order valence-corrected chi connectivity index (χ1v) is 10.8. The van der Waals surface area contributed by atoms with Gasteiger partial charge in [0, 0.05) is 17.4 Å². The van der Waals surface area contributed by atoms with Crippen molar-refractivity contribution in [3.63, 3.8) is 0 Å². The molecule has 0 saturated heterocycles. The molecular weight excluding hydrogens is 475 g/mol. The fraction of sp³-hybridized carbons (Fsp3) is 0.200. The average Bonchev–Trinajstić information content (AvgIpc) is 3.06. The van der Waals surface area contributed by atoms with Crippen molar-refractivity contribution in [3.05, 3.63) is 82.9 Å². The highest BCUT2D eigenvalue weighted by Crippen LogP contribution is 2.28. The third-order valence-electron chi connectivity index (χ3n) is 5.36. The Hall–Kier alpha value is -4.41. The third-order valence-corrected chi connectivity index (χ3v) is 5.36. The topological polar surface area (TPSA) is 91.2 Å². The molecule has 0 radical (unpaired) electrons. The van der Waals surface area contributed by atoms with E-state index in [1.54, 1.807) is 41.9 Å². The maximum Gasteiger partial charge on any atom is 0.573 e. The maximum absolute atomic E-state index is 12.6. The number of nitrogens with one attached hydrogen (secondary N) is 1. The van der Waals surface area contributed by atoms with Crippen LogP contribution >= 0.6 is 0 Å². The molecule has 0 aliphatic rings. The quantitative estimate of drug-likeness (QED) is 0.360. The molecule has 2 aromatic heterocycles. The number of para-hydroxylation sites is 1. The van der Waals surface area contributed by atoms with Gasteiger partial charge in [-0.3, -0.25) is 4.79 Å². The summed E-state index contributed by atoms with van der Waals surface area (Å²) in [5.41, 5.74) is 3.03. The number of amides is 1. The van der Waals surface area contributed by atoms with Crippen molar-refractivity contribution in [2.24, 2.45) is 0 Å². The second kappa shape index (κ2) is 9.68. The van der Waals surface area contributed by atoms with E-state index in [1.807, 2.05) is 20.8 Å². The van der Waals surface area contributed by atoms with Gasteiger partial charge in [-0.15, -0.1) is 13.2 Å². The van der Waals surface area contributed by atoms with Crippen molar-refractivity contribution >= 4 is 11.6 Å². The highest BCUT2D eigenvalue weighted by atomic mass is 19.4. The zero-order valence-electron chi connectivity index (χ0n) is 19.8. The number of hydrogen-bond donors (Lipinski definition) is 1. The van der Waals surface area contributed by atoms with Gasteiger partial charge in [-0.1, -0.05) is 12.1 Å². The Morgan fingerprint density at radius 3 is 2.31 bits per heavy atom. The van der Waals surface area contributed by atoms with Gasteiger partial charge in [-0.2, -0.15) is 10.1 Å². The lowest BCUT2D eigenvalue weighted by Crippen LogP contribution is -2.20. The molecule has 36 heavy (non-hydrogen) atoms. The summed E-state index contributed by atoms with van der Waals surface area (Å²) in [4.78, 5) is 21.3. The highest BCUT2D eigenvalue weighted by molar-refractivity contribution is 6.06. The number of hydrogen-bond acceptors (Lipinski definition) is 6. The van der Waals surface area contributed by atoms with E-state index in [0.717, 1.165) is 23.0 Å². The molecule has 0 spiro atoms. The van der Waals surface area contributed by atoms with E-state index in [0.29, 0.717) is 29.0 Å². The van der Waals surface area contributed by atoms with Crippen LogP contribution in [0.4, 0.5) is 18.9 Å². The molecule has 186 valence electrons. The predicted octanol–water partition coefficient (Wildman–Crippen LogP) is 5.84. The molecule has 1 N–H and O–H groups in total. The number of aryl methyl sites for hydroxylation is 2. The molecule has 4 rings (SSSR count). The Labute approximate surface area is 204 Å². The summed E-state index contributed by atoms with van der Waals surface area (Å²) in [7, 11) is 0. The van der Waals surface area contributed by atoms with Gasteiger partial charge in [-0.05, 0) is 69.7 Å². The Bertz CT molecular complexity index is 1420. The summed E-state index contributed by atoms with van der Waals surface area (Å²) in [5, 5.41) is 7.07. The number of ether oxygens (including phenoxy) is 2. The van der Waals surface area contributed by atoms with Crippen LogP contribution < -0.4 is 14.8 Å². The summed E-state index contributed by atoms with van der Waals surface area (Å²) in [5.74, 6) is 0.459. The Balaban J connectivity index is 1.49. The standard InChI is InChI=1S/C25H22F3N5O3/c1-14-15(2)32-33(16(14)3)22-13-23(30-17(4)29-22)35-19-11-9-18(10-12-19)31-24(34)20-7-5-6-8-21(20)36-25(26,27)28/h5-13H,1-4H3,(H,31,34). The summed E-state index contributed by atoms with van der Waals surface area (Å²) in [6.07, 6.45) is -4.91. The van der Waals surface area contributed by atoms with Crippen LogP contribution in [0, 0.1) is 27.7 Å². The van der Waals surface area contributed by atoms with Crippen LogP contribution in [0.1, 0.15) is 33.1 Å². The lowest BCUT2D eigenvalue weighted by atomic mass is 10.2. The molecule has 0 atom stereocenters. The first-order valence-electron chi connectivity index (χ1n) is 10.8. The predicted molar refractivity (Wildman–Crippen MR) is 126 cm³/mol. The maximum atomic E-state index is 12.6. The summed E-state index contributed by atoms with van der Waals surface area (Å²) < 4.78 is 49.5. The van der Waals surface area contributed by atoms with E-state index < -0.39 is 18.0 Å². The van der Waals surface area contributed by atoms with Gasteiger partial charge in [0.15, 0.2) is 5.82 Å². The van der Waals surface area contributed by atoms with E-state index in [1.165, 1.54) is 18.2 Å². The number of carbonyl (C=O) groups excluding carboxylic acids is 1. The normalized spacial score (nSPS) is 11.3. The van der Waals surface area contributed by atoms with E-state index in [2.05, 4.69) is 25.1 Å². The van der Waals surface area contributed by atoms with Crippen LogP contribution in [-0.2, 0) is 0 Å². The molecule has 0 saturated carbocycles. The zero-order chi connectivity index (χ0) is 26.0. The van der Waals surface area contributed by atoms with Gasteiger partial charge < -0.3 is 14.8 Å². The minimum atomic E-state index is -4.91. The number of nitrogens with zero attached hydrogens (tertiary/aromatic N) is 4. The van der Waals surface area contributed by atoms with Crippen LogP contribution in [0.25, 0.3) is 5.82 Å². The number of anilines is 1. The first kappa shape index (κ1) is 24.7. The monoisotopic (exact) mass is 497 g/mol. The van der Waals surface area contributed by atoms with Crippen molar-refractivity contribution < 1.29 is 27.4 Å². The van der Waals surface area contributed by atoms with Crippen LogP contribution in [0.2, 0.25) is 0 Å². The van der Waals surface area contributed by atoms with Crippen LogP contribution in [0.3, 0.4) is 0 Å². The Morgan fingerprint density at radius 2 is 1.67 bits per heavy atom. The SMILES string of the molecule is Cc1nc(Oc2ccc(NC(=O)c3ccccc3OC(F)(F)F)cc2)cc(-n2nc(C)c(C)c2C)n1. The summed E-state index contributed by atoms with van der Waals surface area (Å²) in [6, 6.07) is 13.1. The molecule has 4 aromatic rings. The highest BCUT2D eigenvalue weighted by Gasteiger charge is 2.32. The molecule has 0 unspecified atom stereocenters. The number of benzene rings is 2. The fourth-order valence-corrected chi connectivity index (χ4v) is 3.42. The smallest absolute Gasteiger partial charge is 0.439 e. The Kier molecular flexibility index (Phi) is 6.65.